The summed E-state index contributed by atoms with van der Waals surface area (Å²) in [5.74, 6) is 1.45. The summed E-state index contributed by atoms with van der Waals surface area (Å²) < 4.78 is 11.8. The van der Waals surface area contributed by atoms with Gasteiger partial charge >= 0.3 is 0 Å². The molecule has 0 bridgehead atoms. The Morgan fingerprint density at radius 1 is 1.28 bits per heavy atom. The van der Waals surface area contributed by atoms with E-state index in [2.05, 4.69) is 15.9 Å². The smallest absolute Gasteiger partial charge is 0.147 e. The lowest BCUT2D eigenvalue weighted by Gasteiger charge is -2.28. The van der Waals surface area contributed by atoms with Gasteiger partial charge in [-0.2, -0.15) is 0 Å². The maximum atomic E-state index is 10.5. The van der Waals surface area contributed by atoms with Crippen LogP contribution in [0.2, 0.25) is 0 Å². The van der Waals surface area contributed by atoms with Crippen LogP contribution >= 0.6 is 15.9 Å². The minimum Gasteiger partial charge on any atom is -0.493 e. The maximum Gasteiger partial charge on any atom is 0.147 e. The first-order valence-electron chi connectivity index (χ1n) is 5.90. The third-order valence-corrected chi connectivity index (χ3v) is 3.95. The van der Waals surface area contributed by atoms with Gasteiger partial charge in [0.15, 0.2) is 0 Å². The van der Waals surface area contributed by atoms with Gasteiger partial charge in [0.1, 0.15) is 17.6 Å². The second-order valence-corrected chi connectivity index (χ2v) is 5.21. The Balaban J connectivity index is 1.97. The van der Waals surface area contributed by atoms with E-state index in [4.69, 9.17) is 9.15 Å². The lowest BCUT2D eigenvalue weighted by Crippen LogP contribution is -2.19. The van der Waals surface area contributed by atoms with Crippen molar-refractivity contribution in [2.45, 2.75) is 18.4 Å². The fraction of sp³-hybridized carbons (Fsp3) is 0.286. The highest BCUT2D eigenvalue weighted by Crippen LogP contribution is 2.42. The molecule has 0 saturated carbocycles. The molecule has 0 spiro atoms. The van der Waals surface area contributed by atoms with E-state index in [1.807, 2.05) is 24.3 Å². The molecule has 2 aromatic rings. The largest absolute Gasteiger partial charge is 0.493 e. The summed E-state index contributed by atoms with van der Waals surface area (Å²) in [6, 6.07) is 9.63. The summed E-state index contributed by atoms with van der Waals surface area (Å²) in [6.45, 7) is 0.622. The van der Waals surface area contributed by atoms with Crippen molar-refractivity contribution < 1.29 is 14.3 Å². The summed E-state index contributed by atoms with van der Waals surface area (Å²) in [6.07, 6.45) is 1.71. The van der Waals surface area contributed by atoms with Crippen molar-refractivity contribution >= 4 is 15.9 Å². The highest BCUT2D eigenvalue weighted by atomic mass is 79.9. The number of fused-ring (bicyclic) bond motifs is 1. The number of benzene rings is 1. The van der Waals surface area contributed by atoms with Crippen LogP contribution in [0.3, 0.4) is 0 Å². The molecule has 0 amide bonds. The number of para-hydroxylation sites is 1. The molecular formula is C14H13BrO3. The van der Waals surface area contributed by atoms with E-state index < -0.39 is 6.10 Å². The van der Waals surface area contributed by atoms with Crippen LogP contribution in [0.25, 0.3) is 0 Å². The second kappa shape index (κ2) is 4.78. The normalized spacial score (nSPS) is 20.0. The van der Waals surface area contributed by atoms with Crippen LogP contribution in [0.15, 0.2) is 45.5 Å². The topological polar surface area (TPSA) is 42.6 Å². The average Bonchev–Trinajstić information content (AvgIpc) is 2.83. The van der Waals surface area contributed by atoms with E-state index in [9.17, 15) is 5.11 Å². The molecule has 0 fully saturated rings. The molecular weight excluding hydrogens is 296 g/mol. The summed E-state index contributed by atoms with van der Waals surface area (Å²) in [5, 5.41) is 10.5. The summed E-state index contributed by atoms with van der Waals surface area (Å²) in [5.41, 5.74) is 1.04. The first-order chi connectivity index (χ1) is 8.77. The molecule has 2 atom stereocenters. The number of furan rings is 1. The Morgan fingerprint density at radius 2 is 2.11 bits per heavy atom. The van der Waals surface area contributed by atoms with E-state index in [1.54, 1.807) is 12.3 Å². The quantitative estimate of drug-likeness (QED) is 0.921. The van der Waals surface area contributed by atoms with Crippen LogP contribution < -0.4 is 4.74 Å². The van der Waals surface area contributed by atoms with Gasteiger partial charge in [-0.1, -0.05) is 18.2 Å². The van der Waals surface area contributed by atoms with E-state index in [-0.39, 0.29) is 5.92 Å². The van der Waals surface area contributed by atoms with Gasteiger partial charge in [0.05, 0.1) is 17.3 Å². The van der Waals surface area contributed by atoms with Crippen molar-refractivity contribution in [3.05, 3.63) is 52.4 Å². The van der Waals surface area contributed by atoms with E-state index in [0.717, 1.165) is 22.2 Å². The lowest BCUT2D eigenvalue weighted by atomic mass is 9.87. The fourth-order valence-corrected chi connectivity index (χ4v) is 2.83. The predicted octanol–water partition coefficient (Wildman–Crippen LogP) is 3.64. The van der Waals surface area contributed by atoms with Gasteiger partial charge in [-0.05, 0) is 34.5 Å². The van der Waals surface area contributed by atoms with E-state index in [1.165, 1.54) is 0 Å². The third kappa shape index (κ3) is 1.95. The number of aliphatic hydroxyl groups is 1. The molecule has 0 aliphatic carbocycles. The minimum atomic E-state index is -0.653. The number of halogens is 1. The Morgan fingerprint density at radius 3 is 2.89 bits per heavy atom. The van der Waals surface area contributed by atoms with Crippen molar-refractivity contribution in [2.75, 3.05) is 6.61 Å². The van der Waals surface area contributed by atoms with Gasteiger partial charge in [-0.15, -0.1) is 0 Å². The molecule has 1 aliphatic rings. The first-order valence-corrected chi connectivity index (χ1v) is 6.69. The fourth-order valence-electron chi connectivity index (χ4n) is 2.40. The molecule has 3 nitrogen and oxygen atoms in total. The Bertz CT molecular complexity index is 549. The Kier molecular flexibility index (Phi) is 3.14. The molecule has 1 aromatic carbocycles. The zero-order valence-electron chi connectivity index (χ0n) is 9.67. The monoisotopic (exact) mass is 308 g/mol. The van der Waals surface area contributed by atoms with Gasteiger partial charge < -0.3 is 14.3 Å². The maximum absolute atomic E-state index is 10.5. The van der Waals surface area contributed by atoms with Crippen LogP contribution in [0.5, 0.6) is 5.75 Å². The van der Waals surface area contributed by atoms with Crippen molar-refractivity contribution in [1.29, 1.82) is 0 Å². The standard InChI is InChI=1S/C14H13BrO3/c15-11-6-8-18-14(11)13(16)10-5-7-17-12-4-2-1-3-9(10)12/h1-4,6,8,10,13,16H,5,7H2. The van der Waals surface area contributed by atoms with Crippen molar-refractivity contribution in [2.24, 2.45) is 0 Å². The Labute approximate surface area is 114 Å². The van der Waals surface area contributed by atoms with Gasteiger partial charge in [0.25, 0.3) is 0 Å². The molecule has 1 N–H and O–H groups in total. The SMILES string of the molecule is OC(c1occc1Br)C1CCOc2ccccc21. The summed E-state index contributed by atoms with van der Waals surface area (Å²) in [4.78, 5) is 0. The molecule has 1 aromatic heterocycles. The zero-order chi connectivity index (χ0) is 12.5. The summed E-state index contributed by atoms with van der Waals surface area (Å²) >= 11 is 3.39. The number of hydrogen-bond acceptors (Lipinski definition) is 3. The van der Waals surface area contributed by atoms with Crippen molar-refractivity contribution in [3.8, 4) is 5.75 Å². The predicted molar refractivity (Wildman–Crippen MR) is 70.7 cm³/mol. The molecule has 2 unspecified atom stereocenters. The highest BCUT2D eigenvalue weighted by molar-refractivity contribution is 9.10. The summed E-state index contributed by atoms with van der Waals surface area (Å²) in [7, 11) is 0. The van der Waals surface area contributed by atoms with Gasteiger partial charge in [-0.25, -0.2) is 0 Å². The molecule has 18 heavy (non-hydrogen) atoms. The van der Waals surface area contributed by atoms with Crippen LogP contribution in [-0.4, -0.2) is 11.7 Å². The number of rotatable bonds is 2. The van der Waals surface area contributed by atoms with Crippen molar-refractivity contribution in [3.63, 3.8) is 0 Å². The van der Waals surface area contributed by atoms with Gasteiger partial charge in [0, 0.05) is 11.5 Å². The molecule has 3 rings (SSSR count). The van der Waals surface area contributed by atoms with Crippen molar-refractivity contribution in [1.82, 2.24) is 0 Å². The minimum absolute atomic E-state index is 0.0115. The number of hydrogen-bond donors (Lipinski definition) is 1. The van der Waals surface area contributed by atoms with Gasteiger partial charge in [0.2, 0.25) is 0 Å². The molecule has 2 heterocycles. The average molecular weight is 309 g/mol. The number of aliphatic hydroxyl groups excluding tert-OH is 1. The van der Waals surface area contributed by atoms with Crippen LogP contribution in [0, 0.1) is 0 Å². The Hall–Kier alpha value is -1.26. The van der Waals surface area contributed by atoms with Crippen LogP contribution in [-0.2, 0) is 0 Å². The van der Waals surface area contributed by atoms with Crippen LogP contribution in [0.1, 0.15) is 29.8 Å². The van der Waals surface area contributed by atoms with E-state index >= 15 is 0 Å². The molecule has 1 aliphatic heterocycles. The second-order valence-electron chi connectivity index (χ2n) is 4.36. The highest BCUT2D eigenvalue weighted by Gasteiger charge is 2.31. The van der Waals surface area contributed by atoms with Gasteiger partial charge in [-0.3, -0.25) is 0 Å². The van der Waals surface area contributed by atoms with E-state index in [0.29, 0.717) is 12.4 Å². The molecule has 94 valence electrons. The van der Waals surface area contributed by atoms with Crippen LogP contribution in [0.4, 0.5) is 0 Å². The lowest BCUT2D eigenvalue weighted by molar-refractivity contribution is 0.0961. The zero-order valence-corrected chi connectivity index (χ0v) is 11.3. The molecule has 0 saturated heterocycles. The number of ether oxygens (including phenoxy) is 1. The molecule has 0 radical (unpaired) electrons. The third-order valence-electron chi connectivity index (χ3n) is 3.30. The first kappa shape index (κ1) is 11.8. The molecule has 4 heteroatoms.